The van der Waals surface area contributed by atoms with Crippen molar-refractivity contribution in [3.8, 4) is 5.75 Å². The van der Waals surface area contributed by atoms with E-state index >= 15 is 0 Å². The number of rotatable bonds is 2. The predicted octanol–water partition coefficient (Wildman–Crippen LogP) is 2.69. The third kappa shape index (κ3) is 2.03. The van der Waals surface area contributed by atoms with E-state index in [1.165, 1.54) is 4.90 Å². The zero-order chi connectivity index (χ0) is 15.1. The predicted molar refractivity (Wildman–Crippen MR) is 84.8 cm³/mol. The maximum Gasteiger partial charge on any atom is 0.273 e. The number of benzene rings is 2. The summed E-state index contributed by atoms with van der Waals surface area (Å²) in [5.74, 6) is 0.191. The first-order chi connectivity index (χ1) is 10.0. The number of phenolic OH excluding ortho intramolecular Hbond substituents is 1. The average Bonchev–Trinajstić information content (AvgIpc) is 2.85. The molecule has 0 bridgehead atoms. The van der Waals surface area contributed by atoms with Gasteiger partial charge < -0.3 is 15.7 Å². The monoisotopic (exact) mass is 302 g/mol. The van der Waals surface area contributed by atoms with Gasteiger partial charge in [-0.15, -0.1) is 11.6 Å². The number of carbonyl (C=O) groups is 1. The van der Waals surface area contributed by atoms with Crippen LogP contribution in [0.4, 0.5) is 5.69 Å². The lowest BCUT2D eigenvalue weighted by Gasteiger charge is -2.18. The zero-order valence-corrected chi connectivity index (χ0v) is 12.1. The fourth-order valence-electron chi connectivity index (χ4n) is 2.92. The first kappa shape index (κ1) is 13.8. The maximum absolute atomic E-state index is 12.2. The number of anilines is 1. The molecule has 2 aromatic carbocycles. The summed E-state index contributed by atoms with van der Waals surface area (Å²) in [6.45, 7) is 3.95. The van der Waals surface area contributed by atoms with Gasteiger partial charge in [-0.25, -0.2) is 0 Å². The molecule has 0 aromatic heterocycles. The van der Waals surface area contributed by atoms with Gasteiger partial charge in [-0.3, -0.25) is 4.79 Å². The molecule has 5 heteroatoms. The molecule has 0 unspecified atom stereocenters. The first-order valence-corrected chi connectivity index (χ1v) is 7.15. The molecular weight excluding hydrogens is 288 g/mol. The highest BCUT2D eigenvalue weighted by Crippen LogP contribution is 2.45. The van der Waals surface area contributed by atoms with Crippen LogP contribution in [-0.2, 0) is 4.79 Å². The minimum Gasteiger partial charge on any atom is -0.507 e. The van der Waals surface area contributed by atoms with Crippen molar-refractivity contribution in [1.82, 2.24) is 0 Å². The van der Waals surface area contributed by atoms with Gasteiger partial charge in [-0.2, -0.15) is 0 Å². The standard InChI is InChI=1S/C16H15ClN2O2/c1-9(18)16(21)19-8-10(7-17)15-12-5-3-2-4-11(12)14(20)6-13(15)19/h2-6,10,20H,1,7-8,18H2/t10-/m1/s1. The average molecular weight is 303 g/mol. The Labute approximate surface area is 127 Å². The number of amides is 1. The van der Waals surface area contributed by atoms with Gasteiger partial charge in [-0.05, 0) is 10.9 Å². The quantitative estimate of drug-likeness (QED) is 0.662. The van der Waals surface area contributed by atoms with Gasteiger partial charge in [-0.1, -0.05) is 30.8 Å². The van der Waals surface area contributed by atoms with E-state index in [0.717, 1.165) is 16.3 Å². The Bertz CT molecular complexity index is 757. The number of phenols is 1. The highest BCUT2D eigenvalue weighted by Gasteiger charge is 2.34. The van der Waals surface area contributed by atoms with Crippen LogP contribution in [0.15, 0.2) is 42.6 Å². The van der Waals surface area contributed by atoms with Crippen molar-refractivity contribution in [1.29, 1.82) is 0 Å². The lowest BCUT2D eigenvalue weighted by atomic mass is 9.95. The maximum atomic E-state index is 12.2. The SMILES string of the molecule is C=C(N)C(=O)N1C[C@@H](CCl)c2c1cc(O)c1ccccc21. The molecule has 1 atom stereocenters. The smallest absolute Gasteiger partial charge is 0.273 e. The summed E-state index contributed by atoms with van der Waals surface area (Å²) in [7, 11) is 0. The van der Waals surface area contributed by atoms with Crippen LogP contribution in [-0.4, -0.2) is 23.4 Å². The molecule has 21 heavy (non-hydrogen) atoms. The molecule has 0 saturated carbocycles. The molecule has 4 nitrogen and oxygen atoms in total. The number of aromatic hydroxyl groups is 1. The molecule has 3 N–H and O–H groups in total. The van der Waals surface area contributed by atoms with Gasteiger partial charge in [0.1, 0.15) is 5.75 Å². The molecule has 108 valence electrons. The third-order valence-electron chi connectivity index (χ3n) is 3.85. The Balaban J connectivity index is 2.28. The molecule has 0 saturated heterocycles. The van der Waals surface area contributed by atoms with Crippen molar-refractivity contribution in [2.75, 3.05) is 17.3 Å². The number of alkyl halides is 1. The molecule has 1 amide bonds. The number of hydrogen-bond donors (Lipinski definition) is 2. The van der Waals surface area contributed by atoms with Gasteiger partial charge in [0.2, 0.25) is 0 Å². The lowest BCUT2D eigenvalue weighted by Crippen LogP contribution is -2.33. The van der Waals surface area contributed by atoms with Crippen molar-refractivity contribution >= 4 is 34.0 Å². The number of carbonyl (C=O) groups excluding carboxylic acids is 1. The van der Waals surface area contributed by atoms with E-state index in [4.69, 9.17) is 17.3 Å². The molecule has 0 fully saturated rings. The van der Waals surface area contributed by atoms with Crippen LogP contribution in [0.25, 0.3) is 10.8 Å². The topological polar surface area (TPSA) is 66.6 Å². The van der Waals surface area contributed by atoms with Gasteiger partial charge in [0.05, 0.1) is 11.4 Å². The molecule has 0 spiro atoms. The summed E-state index contributed by atoms with van der Waals surface area (Å²) in [5, 5.41) is 11.9. The second kappa shape index (κ2) is 4.97. The Morgan fingerprint density at radius 3 is 2.71 bits per heavy atom. The van der Waals surface area contributed by atoms with E-state index < -0.39 is 0 Å². The summed E-state index contributed by atoms with van der Waals surface area (Å²) in [6.07, 6.45) is 0. The van der Waals surface area contributed by atoms with Gasteiger partial charge in [0.25, 0.3) is 5.91 Å². The van der Waals surface area contributed by atoms with E-state index in [-0.39, 0.29) is 23.3 Å². The van der Waals surface area contributed by atoms with Gasteiger partial charge >= 0.3 is 0 Å². The Hall–Kier alpha value is -2.20. The first-order valence-electron chi connectivity index (χ1n) is 6.61. The minimum absolute atomic E-state index is 0.00969. The molecule has 1 aliphatic rings. The summed E-state index contributed by atoms with van der Waals surface area (Å²) in [6, 6.07) is 9.15. The molecule has 0 radical (unpaired) electrons. The van der Waals surface area contributed by atoms with E-state index in [1.54, 1.807) is 6.07 Å². The van der Waals surface area contributed by atoms with Crippen molar-refractivity contribution in [3.05, 3.63) is 48.2 Å². The van der Waals surface area contributed by atoms with Crippen LogP contribution in [0.2, 0.25) is 0 Å². The number of fused-ring (bicyclic) bond motifs is 3. The van der Waals surface area contributed by atoms with Crippen LogP contribution in [0.3, 0.4) is 0 Å². The van der Waals surface area contributed by atoms with Crippen molar-refractivity contribution in [2.24, 2.45) is 5.73 Å². The van der Waals surface area contributed by atoms with Gasteiger partial charge in [0, 0.05) is 29.8 Å². The Morgan fingerprint density at radius 1 is 1.43 bits per heavy atom. The largest absolute Gasteiger partial charge is 0.507 e. The highest BCUT2D eigenvalue weighted by molar-refractivity contribution is 6.19. The van der Waals surface area contributed by atoms with Crippen LogP contribution in [0.1, 0.15) is 11.5 Å². The van der Waals surface area contributed by atoms with Crippen molar-refractivity contribution in [2.45, 2.75) is 5.92 Å². The summed E-state index contributed by atoms with van der Waals surface area (Å²) < 4.78 is 0. The van der Waals surface area contributed by atoms with Crippen molar-refractivity contribution in [3.63, 3.8) is 0 Å². The molecule has 2 aromatic rings. The number of nitrogens with zero attached hydrogens (tertiary/aromatic N) is 1. The lowest BCUT2D eigenvalue weighted by molar-refractivity contribution is -0.115. The van der Waals surface area contributed by atoms with Gasteiger partial charge in [0.15, 0.2) is 0 Å². The van der Waals surface area contributed by atoms with Crippen LogP contribution < -0.4 is 10.6 Å². The minimum atomic E-state index is -0.349. The number of halogens is 1. The second-order valence-electron chi connectivity index (χ2n) is 5.17. The molecule has 1 aliphatic heterocycles. The van der Waals surface area contributed by atoms with Crippen molar-refractivity contribution < 1.29 is 9.90 Å². The third-order valence-corrected chi connectivity index (χ3v) is 4.22. The summed E-state index contributed by atoms with van der Waals surface area (Å²) in [4.78, 5) is 13.7. The fraction of sp³-hybridized carbons (Fsp3) is 0.188. The van der Waals surface area contributed by atoms with E-state index in [2.05, 4.69) is 6.58 Å². The molecule has 3 rings (SSSR count). The van der Waals surface area contributed by atoms with E-state index in [9.17, 15) is 9.90 Å². The molecular formula is C16H15ClN2O2. The number of hydrogen-bond acceptors (Lipinski definition) is 3. The summed E-state index contributed by atoms with van der Waals surface area (Å²) >= 11 is 6.07. The van der Waals surface area contributed by atoms with E-state index in [1.807, 2.05) is 24.3 Å². The second-order valence-corrected chi connectivity index (χ2v) is 5.47. The normalized spacial score (nSPS) is 17.0. The Kier molecular flexibility index (Phi) is 3.26. The van der Waals surface area contributed by atoms with Crippen LogP contribution in [0.5, 0.6) is 5.75 Å². The van der Waals surface area contributed by atoms with Crippen LogP contribution in [0, 0.1) is 0 Å². The number of nitrogens with two attached hydrogens (primary N) is 1. The van der Waals surface area contributed by atoms with Crippen LogP contribution >= 0.6 is 11.6 Å². The Morgan fingerprint density at radius 2 is 2.10 bits per heavy atom. The molecule has 1 heterocycles. The zero-order valence-electron chi connectivity index (χ0n) is 11.3. The summed E-state index contributed by atoms with van der Waals surface area (Å²) in [5.41, 5.74) is 7.15. The fourth-order valence-corrected chi connectivity index (χ4v) is 3.17. The molecule has 0 aliphatic carbocycles. The highest BCUT2D eigenvalue weighted by atomic mass is 35.5. The van der Waals surface area contributed by atoms with E-state index in [0.29, 0.717) is 18.1 Å².